The average Bonchev–Trinajstić information content (AvgIpc) is 2.96. The molecule has 2 heterocycles. The van der Waals surface area contributed by atoms with Crippen LogP contribution in [0, 0.1) is 12.8 Å². The van der Waals surface area contributed by atoms with Crippen molar-refractivity contribution in [2.75, 3.05) is 37.6 Å². The molecule has 1 aliphatic heterocycles. The van der Waals surface area contributed by atoms with Crippen LogP contribution in [0.25, 0.3) is 11.1 Å². The zero-order chi connectivity index (χ0) is 15.7. The molecule has 22 heavy (non-hydrogen) atoms. The van der Waals surface area contributed by atoms with Gasteiger partial charge in [-0.3, -0.25) is 4.79 Å². The summed E-state index contributed by atoms with van der Waals surface area (Å²) in [7, 11) is 0. The minimum absolute atomic E-state index is 0.112. The number of hydrogen-bond donors (Lipinski definition) is 1. The number of fused-ring (bicyclic) bond motifs is 1. The van der Waals surface area contributed by atoms with Gasteiger partial charge in [-0.2, -0.15) is 4.98 Å². The molecule has 1 fully saturated rings. The molecule has 0 radical (unpaired) electrons. The van der Waals surface area contributed by atoms with Gasteiger partial charge in [-0.05, 0) is 24.6 Å². The van der Waals surface area contributed by atoms with E-state index in [2.05, 4.69) is 9.88 Å². The third-order valence-corrected chi connectivity index (χ3v) is 4.17. The second-order valence-electron chi connectivity index (χ2n) is 5.92. The Hall–Kier alpha value is -2.08. The lowest BCUT2D eigenvalue weighted by Crippen LogP contribution is -2.51. The predicted molar refractivity (Wildman–Crippen MR) is 85.8 cm³/mol. The molecular formula is C16H22N4O2. The van der Waals surface area contributed by atoms with Gasteiger partial charge in [0.15, 0.2) is 5.58 Å². The Morgan fingerprint density at radius 3 is 2.77 bits per heavy atom. The van der Waals surface area contributed by atoms with Crippen LogP contribution in [0.2, 0.25) is 0 Å². The highest BCUT2D eigenvalue weighted by molar-refractivity contribution is 5.79. The minimum Gasteiger partial charge on any atom is -0.423 e. The molecule has 2 N–H and O–H groups in total. The molecule has 0 spiro atoms. The number of amides is 1. The van der Waals surface area contributed by atoms with Gasteiger partial charge in [0.1, 0.15) is 5.52 Å². The van der Waals surface area contributed by atoms with Crippen molar-refractivity contribution in [1.82, 2.24) is 9.88 Å². The lowest BCUT2D eigenvalue weighted by molar-refractivity contribution is -0.135. The Balaban J connectivity index is 1.68. The summed E-state index contributed by atoms with van der Waals surface area (Å²) in [6, 6.07) is 6.62. The van der Waals surface area contributed by atoms with E-state index in [1.165, 1.54) is 5.56 Å². The number of aromatic nitrogens is 1. The van der Waals surface area contributed by atoms with Crippen LogP contribution < -0.4 is 10.6 Å². The molecule has 0 aliphatic carbocycles. The van der Waals surface area contributed by atoms with Gasteiger partial charge in [0, 0.05) is 38.6 Å². The zero-order valence-corrected chi connectivity index (χ0v) is 13.1. The summed E-state index contributed by atoms with van der Waals surface area (Å²) >= 11 is 0. The van der Waals surface area contributed by atoms with Gasteiger partial charge in [0.05, 0.1) is 0 Å². The highest BCUT2D eigenvalue weighted by atomic mass is 16.4. The average molecular weight is 302 g/mol. The summed E-state index contributed by atoms with van der Waals surface area (Å²) in [6.07, 6.45) is 0. The molecule has 1 aromatic heterocycles. The fraction of sp³-hybridized carbons (Fsp3) is 0.500. The molecule has 1 aromatic carbocycles. The molecule has 118 valence electrons. The normalized spacial score (nSPS) is 17.0. The first-order chi connectivity index (χ1) is 10.6. The van der Waals surface area contributed by atoms with Gasteiger partial charge in [-0.25, -0.2) is 0 Å². The first-order valence-corrected chi connectivity index (χ1v) is 7.69. The topological polar surface area (TPSA) is 75.6 Å². The fourth-order valence-electron chi connectivity index (χ4n) is 2.69. The Bertz CT molecular complexity index is 674. The number of nitrogens with zero attached hydrogens (tertiary/aromatic N) is 3. The monoisotopic (exact) mass is 302 g/mol. The number of nitrogens with two attached hydrogens (primary N) is 1. The van der Waals surface area contributed by atoms with E-state index in [-0.39, 0.29) is 11.8 Å². The van der Waals surface area contributed by atoms with Crippen LogP contribution in [-0.2, 0) is 4.79 Å². The second kappa shape index (κ2) is 5.96. The number of benzene rings is 1. The molecule has 1 atom stereocenters. The van der Waals surface area contributed by atoms with Crippen LogP contribution in [0.3, 0.4) is 0 Å². The molecule has 0 bridgehead atoms. The van der Waals surface area contributed by atoms with Crippen LogP contribution in [0.5, 0.6) is 0 Å². The van der Waals surface area contributed by atoms with Crippen molar-refractivity contribution in [2.45, 2.75) is 13.8 Å². The van der Waals surface area contributed by atoms with Gasteiger partial charge in [-0.15, -0.1) is 0 Å². The zero-order valence-electron chi connectivity index (χ0n) is 13.1. The Kier molecular flexibility index (Phi) is 4.02. The van der Waals surface area contributed by atoms with E-state index in [4.69, 9.17) is 10.2 Å². The molecule has 1 unspecified atom stereocenters. The maximum Gasteiger partial charge on any atom is 0.298 e. The maximum absolute atomic E-state index is 12.1. The first kappa shape index (κ1) is 14.8. The summed E-state index contributed by atoms with van der Waals surface area (Å²) < 4.78 is 5.82. The summed E-state index contributed by atoms with van der Waals surface area (Å²) in [5, 5.41) is 0. The highest BCUT2D eigenvalue weighted by Gasteiger charge is 2.26. The van der Waals surface area contributed by atoms with Crippen molar-refractivity contribution < 1.29 is 9.21 Å². The number of anilines is 1. The first-order valence-electron chi connectivity index (χ1n) is 7.69. The number of carbonyl (C=O) groups is 1. The Morgan fingerprint density at radius 1 is 1.36 bits per heavy atom. The standard InChI is InChI=1S/C16H22N4O2/c1-11-3-4-14-13(9-11)18-16(22-14)20-7-5-19(6-8-20)15(21)12(2)10-17/h3-4,9,12H,5-8,10,17H2,1-2H3. The lowest BCUT2D eigenvalue weighted by atomic mass is 10.1. The van der Waals surface area contributed by atoms with Crippen molar-refractivity contribution in [3.8, 4) is 0 Å². The largest absolute Gasteiger partial charge is 0.423 e. The van der Waals surface area contributed by atoms with Crippen LogP contribution >= 0.6 is 0 Å². The van der Waals surface area contributed by atoms with E-state index in [0.717, 1.165) is 24.2 Å². The quantitative estimate of drug-likeness (QED) is 0.927. The summed E-state index contributed by atoms with van der Waals surface area (Å²) in [4.78, 5) is 20.7. The fourth-order valence-corrected chi connectivity index (χ4v) is 2.69. The molecule has 1 saturated heterocycles. The van der Waals surface area contributed by atoms with Gasteiger partial charge in [0.25, 0.3) is 6.01 Å². The Labute approximate surface area is 129 Å². The molecule has 0 saturated carbocycles. The number of oxazole rings is 1. The van der Waals surface area contributed by atoms with Crippen LogP contribution in [0.1, 0.15) is 12.5 Å². The number of hydrogen-bond acceptors (Lipinski definition) is 5. The predicted octanol–water partition coefficient (Wildman–Crippen LogP) is 1.38. The molecule has 2 aromatic rings. The van der Waals surface area contributed by atoms with Crippen LogP contribution in [0.15, 0.2) is 22.6 Å². The molecule has 6 heteroatoms. The van der Waals surface area contributed by atoms with Gasteiger partial charge in [0.2, 0.25) is 5.91 Å². The highest BCUT2D eigenvalue weighted by Crippen LogP contribution is 2.23. The van der Waals surface area contributed by atoms with Gasteiger partial charge >= 0.3 is 0 Å². The summed E-state index contributed by atoms with van der Waals surface area (Å²) in [5.41, 5.74) is 8.42. The summed E-state index contributed by atoms with van der Waals surface area (Å²) in [6.45, 7) is 7.13. The molecule has 6 nitrogen and oxygen atoms in total. The van der Waals surface area contributed by atoms with Crippen molar-refractivity contribution in [1.29, 1.82) is 0 Å². The molecule has 3 rings (SSSR count). The van der Waals surface area contributed by atoms with Crippen LogP contribution in [-0.4, -0.2) is 48.5 Å². The number of carbonyl (C=O) groups excluding carboxylic acids is 1. The molecular weight excluding hydrogens is 280 g/mol. The second-order valence-corrected chi connectivity index (χ2v) is 5.92. The number of rotatable bonds is 3. The third-order valence-electron chi connectivity index (χ3n) is 4.17. The smallest absolute Gasteiger partial charge is 0.298 e. The van der Waals surface area contributed by atoms with E-state index >= 15 is 0 Å². The van der Waals surface area contributed by atoms with Crippen molar-refractivity contribution in [2.24, 2.45) is 11.7 Å². The van der Waals surface area contributed by atoms with E-state index in [0.29, 0.717) is 25.6 Å². The number of aryl methyl sites for hydroxylation is 1. The van der Waals surface area contributed by atoms with Crippen molar-refractivity contribution in [3.05, 3.63) is 23.8 Å². The van der Waals surface area contributed by atoms with E-state index in [1.54, 1.807) is 0 Å². The molecule has 1 amide bonds. The van der Waals surface area contributed by atoms with Crippen molar-refractivity contribution >= 4 is 23.0 Å². The van der Waals surface area contributed by atoms with Gasteiger partial charge < -0.3 is 20.0 Å². The minimum atomic E-state index is -0.112. The number of piperazine rings is 1. The summed E-state index contributed by atoms with van der Waals surface area (Å²) in [5.74, 6) is 0.0224. The van der Waals surface area contributed by atoms with Gasteiger partial charge in [-0.1, -0.05) is 13.0 Å². The SMILES string of the molecule is Cc1ccc2oc(N3CCN(C(=O)C(C)CN)CC3)nc2c1. The van der Waals surface area contributed by atoms with Crippen molar-refractivity contribution in [3.63, 3.8) is 0 Å². The van der Waals surface area contributed by atoms with E-state index in [9.17, 15) is 4.79 Å². The Morgan fingerprint density at radius 2 is 2.09 bits per heavy atom. The van der Waals surface area contributed by atoms with E-state index in [1.807, 2.05) is 36.9 Å². The molecule has 1 aliphatic rings. The maximum atomic E-state index is 12.1. The van der Waals surface area contributed by atoms with E-state index < -0.39 is 0 Å². The van der Waals surface area contributed by atoms with Crippen LogP contribution in [0.4, 0.5) is 6.01 Å². The lowest BCUT2D eigenvalue weighted by Gasteiger charge is -2.35. The third kappa shape index (κ3) is 2.78.